The minimum absolute atomic E-state index is 0.00944. The number of methoxy groups -OCH3 is 1. The third-order valence-corrected chi connectivity index (χ3v) is 5.42. The van der Waals surface area contributed by atoms with E-state index in [1.165, 1.54) is 12.1 Å². The lowest BCUT2D eigenvalue weighted by Crippen LogP contribution is -2.46. The molecule has 1 aromatic heterocycles. The molecular formula is C23H23FN4O3. The number of halogens is 1. The Morgan fingerprint density at radius 1 is 1.10 bits per heavy atom. The minimum Gasteiger partial charge on any atom is -0.497 e. The van der Waals surface area contributed by atoms with Gasteiger partial charge in [0, 0.05) is 30.3 Å². The van der Waals surface area contributed by atoms with Crippen molar-refractivity contribution in [2.24, 2.45) is 0 Å². The SMILES string of the molecule is COc1ccc(C(=O)NC2CCN(C(=O)c3cc(-c4ccc(F)cc4)n[nH]3)CC2)cc1. The first-order chi connectivity index (χ1) is 15.0. The van der Waals surface area contributed by atoms with Crippen molar-refractivity contribution in [1.82, 2.24) is 20.4 Å². The number of likely N-dealkylation sites (tertiary alicyclic amines) is 1. The Morgan fingerprint density at radius 3 is 2.42 bits per heavy atom. The first-order valence-corrected chi connectivity index (χ1v) is 10.1. The number of benzene rings is 2. The molecule has 1 aliphatic heterocycles. The number of hydrogen-bond donors (Lipinski definition) is 2. The maximum absolute atomic E-state index is 13.1. The van der Waals surface area contributed by atoms with E-state index in [0.717, 1.165) is 5.56 Å². The Balaban J connectivity index is 1.31. The van der Waals surface area contributed by atoms with Crippen molar-refractivity contribution in [1.29, 1.82) is 0 Å². The molecule has 31 heavy (non-hydrogen) atoms. The van der Waals surface area contributed by atoms with E-state index in [-0.39, 0.29) is 23.7 Å². The summed E-state index contributed by atoms with van der Waals surface area (Å²) in [4.78, 5) is 27.0. The second kappa shape index (κ2) is 8.99. The molecule has 0 radical (unpaired) electrons. The van der Waals surface area contributed by atoms with Crippen molar-refractivity contribution in [2.75, 3.05) is 20.2 Å². The molecule has 3 aromatic rings. The summed E-state index contributed by atoms with van der Waals surface area (Å²) in [6.45, 7) is 1.08. The van der Waals surface area contributed by atoms with E-state index in [1.54, 1.807) is 54.5 Å². The number of nitrogens with zero attached hydrogens (tertiary/aromatic N) is 2. The molecule has 0 spiro atoms. The van der Waals surface area contributed by atoms with Crippen LogP contribution in [0.5, 0.6) is 5.75 Å². The fourth-order valence-electron chi connectivity index (χ4n) is 3.61. The van der Waals surface area contributed by atoms with Crippen LogP contribution < -0.4 is 10.1 Å². The van der Waals surface area contributed by atoms with Gasteiger partial charge in [-0.2, -0.15) is 5.10 Å². The van der Waals surface area contributed by atoms with Gasteiger partial charge in [0.25, 0.3) is 11.8 Å². The smallest absolute Gasteiger partial charge is 0.271 e. The summed E-state index contributed by atoms with van der Waals surface area (Å²) in [5, 5.41) is 9.98. The van der Waals surface area contributed by atoms with Gasteiger partial charge in [-0.05, 0) is 67.4 Å². The summed E-state index contributed by atoms with van der Waals surface area (Å²) < 4.78 is 18.2. The fourth-order valence-corrected chi connectivity index (χ4v) is 3.61. The van der Waals surface area contributed by atoms with Crippen LogP contribution in [-0.4, -0.2) is 53.2 Å². The molecule has 7 nitrogen and oxygen atoms in total. The number of rotatable bonds is 5. The predicted molar refractivity (Wildman–Crippen MR) is 113 cm³/mol. The average molecular weight is 422 g/mol. The highest BCUT2D eigenvalue weighted by Crippen LogP contribution is 2.20. The van der Waals surface area contributed by atoms with Crippen LogP contribution in [0.25, 0.3) is 11.3 Å². The van der Waals surface area contributed by atoms with Crippen molar-refractivity contribution in [3.63, 3.8) is 0 Å². The van der Waals surface area contributed by atoms with Crippen LogP contribution in [0.4, 0.5) is 4.39 Å². The van der Waals surface area contributed by atoms with E-state index in [4.69, 9.17) is 4.74 Å². The number of carbonyl (C=O) groups excluding carboxylic acids is 2. The third-order valence-electron chi connectivity index (χ3n) is 5.42. The first-order valence-electron chi connectivity index (χ1n) is 10.1. The zero-order valence-electron chi connectivity index (χ0n) is 17.1. The highest BCUT2D eigenvalue weighted by atomic mass is 19.1. The van der Waals surface area contributed by atoms with Crippen LogP contribution in [-0.2, 0) is 0 Å². The second-order valence-corrected chi connectivity index (χ2v) is 7.44. The molecule has 2 aromatic carbocycles. The molecule has 8 heteroatoms. The summed E-state index contributed by atoms with van der Waals surface area (Å²) >= 11 is 0. The Morgan fingerprint density at radius 2 is 1.77 bits per heavy atom. The van der Waals surface area contributed by atoms with Gasteiger partial charge in [0.2, 0.25) is 0 Å². The lowest BCUT2D eigenvalue weighted by atomic mass is 10.0. The molecular weight excluding hydrogens is 399 g/mol. The van der Waals surface area contributed by atoms with Gasteiger partial charge in [-0.1, -0.05) is 0 Å². The van der Waals surface area contributed by atoms with Crippen molar-refractivity contribution < 1.29 is 18.7 Å². The molecule has 0 unspecified atom stereocenters. The van der Waals surface area contributed by atoms with E-state index in [9.17, 15) is 14.0 Å². The lowest BCUT2D eigenvalue weighted by Gasteiger charge is -2.32. The summed E-state index contributed by atoms with van der Waals surface area (Å²) in [5.41, 5.74) is 2.28. The van der Waals surface area contributed by atoms with Crippen molar-refractivity contribution >= 4 is 11.8 Å². The number of amides is 2. The normalized spacial score (nSPS) is 14.3. The summed E-state index contributed by atoms with van der Waals surface area (Å²) in [6.07, 6.45) is 1.35. The summed E-state index contributed by atoms with van der Waals surface area (Å²) in [7, 11) is 1.58. The van der Waals surface area contributed by atoms with Crippen LogP contribution in [0.1, 0.15) is 33.7 Å². The van der Waals surface area contributed by atoms with Crippen LogP contribution in [0.2, 0.25) is 0 Å². The summed E-state index contributed by atoms with van der Waals surface area (Å²) in [6, 6.07) is 14.6. The van der Waals surface area contributed by atoms with Crippen molar-refractivity contribution in [3.8, 4) is 17.0 Å². The van der Waals surface area contributed by atoms with Crippen LogP contribution in [0, 0.1) is 5.82 Å². The average Bonchev–Trinajstić information content (AvgIpc) is 3.30. The van der Waals surface area contributed by atoms with E-state index in [1.807, 2.05) is 0 Å². The van der Waals surface area contributed by atoms with E-state index >= 15 is 0 Å². The van der Waals surface area contributed by atoms with E-state index in [0.29, 0.717) is 48.6 Å². The maximum Gasteiger partial charge on any atom is 0.271 e. The first kappa shape index (κ1) is 20.6. The van der Waals surface area contributed by atoms with Gasteiger partial charge in [0.05, 0.1) is 12.8 Å². The fraction of sp³-hybridized carbons (Fsp3) is 0.261. The molecule has 2 heterocycles. The molecule has 160 valence electrons. The van der Waals surface area contributed by atoms with E-state index < -0.39 is 0 Å². The standard InChI is InChI=1S/C23H23FN4O3/c1-31-19-8-4-16(5-9-19)22(29)25-18-10-12-28(13-11-18)23(30)21-14-20(26-27-21)15-2-6-17(24)7-3-15/h2-9,14,18H,10-13H2,1H3,(H,25,29)(H,26,27). The van der Waals surface area contributed by atoms with Crippen LogP contribution in [0.3, 0.4) is 0 Å². The molecule has 2 amide bonds. The molecule has 4 rings (SSSR count). The Kier molecular flexibility index (Phi) is 5.97. The zero-order valence-corrected chi connectivity index (χ0v) is 17.1. The third kappa shape index (κ3) is 4.74. The molecule has 0 aliphatic carbocycles. The molecule has 1 saturated heterocycles. The number of ether oxygens (including phenoxy) is 1. The highest BCUT2D eigenvalue weighted by molar-refractivity contribution is 5.95. The van der Waals surface area contributed by atoms with Gasteiger partial charge in [-0.25, -0.2) is 4.39 Å². The molecule has 0 saturated carbocycles. The van der Waals surface area contributed by atoms with Gasteiger partial charge in [0.1, 0.15) is 17.3 Å². The Bertz CT molecular complexity index is 1060. The Hall–Kier alpha value is -3.68. The number of carbonyl (C=O) groups is 2. The van der Waals surface area contributed by atoms with E-state index in [2.05, 4.69) is 15.5 Å². The number of nitrogens with one attached hydrogen (secondary N) is 2. The number of piperidine rings is 1. The number of H-pyrrole nitrogens is 1. The number of hydrogen-bond acceptors (Lipinski definition) is 4. The van der Waals surface area contributed by atoms with Gasteiger partial charge in [0.15, 0.2) is 0 Å². The van der Waals surface area contributed by atoms with Gasteiger partial charge < -0.3 is 15.0 Å². The summed E-state index contributed by atoms with van der Waals surface area (Å²) in [5.74, 6) is 0.105. The van der Waals surface area contributed by atoms with Gasteiger partial charge in [-0.3, -0.25) is 14.7 Å². The topological polar surface area (TPSA) is 87.3 Å². The zero-order chi connectivity index (χ0) is 21.8. The maximum atomic E-state index is 13.1. The second-order valence-electron chi connectivity index (χ2n) is 7.44. The lowest BCUT2D eigenvalue weighted by molar-refractivity contribution is 0.0692. The quantitative estimate of drug-likeness (QED) is 0.661. The van der Waals surface area contributed by atoms with Gasteiger partial charge >= 0.3 is 0 Å². The molecule has 0 atom stereocenters. The minimum atomic E-state index is -0.322. The Labute approximate surface area is 179 Å². The number of aromatic nitrogens is 2. The van der Waals surface area contributed by atoms with Crippen LogP contribution >= 0.6 is 0 Å². The van der Waals surface area contributed by atoms with Crippen molar-refractivity contribution in [2.45, 2.75) is 18.9 Å². The molecule has 2 N–H and O–H groups in total. The largest absolute Gasteiger partial charge is 0.497 e. The molecule has 0 bridgehead atoms. The predicted octanol–water partition coefficient (Wildman–Crippen LogP) is 3.26. The van der Waals surface area contributed by atoms with Crippen molar-refractivity contribution in [3.05, 3.63) is 71.7 Å². The highest BCUT2D eigenvalue weighted by Gasteiger charge is 2.26. The molecule has 1 aliphatic rings. The molecule has 1 fully saturated rings. The number of aromatic amines is 1. The monoisotopic (exact) mass is 422 g/mol. The van der Waals surface area contributed by atoms with Crippen LogP contribution in [0.15, 0.2) is 54.6 Å². The van der Waals surface area contributed by atoms with Gasteiger partial charge in [-0.15, -0.1) is 0 Å².